The molecule has 0 saturated heterocycles. The zero-order valence-electron chi connectivity index (χ0n) is 19.8. The first-order valence-electron chi connectivity index (χ1n) is 11.0. The van der Waals surface area contributed by atoms with E-state index in [1.165, 1.54) is 24.1 Å². The summed E-state index contributed by atoms with van der Waals surface area (Å²) in [5.74, 6) is -0.870. The molecule has 9 heteroatoms. The van der Waals surface area contributed by atoms with Gasteiger partial charge in [0.05, 0.1) is 10.6 Å². The van der Waals surface area contributed by atoms with E-state index >= 15 is 0 Å². The number of carbonyl (C=O) groups excluding carboxylic acids is 2. The average Bonchev–Trinajstić information content (AvgIpc) is 2.87. The zero-order chi connectivity index (χ0) is 25.6. The Labute approximate surface area is 211 Å². The fourth-order valence-electron chi connectivity index (χ4n) is 3.54. The Morgan fingerprint density at radius 2 is 1.54 bits per heavy atom. The molecule has 0 aliphatic heterocycles. The lowest BCUT2D eigenvalue weighted by molar-refractivity contribution is -0.139. The van der Waals surface area contributed by atoms with Crippen molar-refractivity contribution in [2.45, 2.75) is 31.3 Å². The summed E-state index contributed by atoms with van der Waals surface area (Å²) in [6.45, 7) is 3.22. The van der Waals surface area contributed by atoms with Crippen LogP contribution in [0, 0.1) is 6.92 Å². The number of nitrogens with zero attached hydrogens (tertiary/aromatic N) is 2. The molecule has 0 unspecified atom stereocenters. The van der Waals surface area contributed by atoms with E-state index in [0.717, 1.165) is 15.4 Å². The van der Waals surface area contributed by atoms with Gasteiger partial charge in [-0.05, 0) is 55.8 Å². The van der Waals surface area contributed by atoms with Gasteiger partial charge in [-0.1, -0.05) is 59.6 Å². The van der Waals surface area contributed by atoms with Crippen LogP contribution in [0.25, 0.3) is 0 Å². The van der Waals surface area contributed by atoms with Crippen molar-refractivity contribution in [3.05, 3.63) is 95.0 Å². The van der Waals surface area contributed by atoms with Crippen LogP contribution >= 0.6 is 11.6 Å². The second-order valence-electron chi connectivity index (χ2n) is 8.10. The molecule has 0 radical (unpaired) electrons. The minimum atomic E-state index is -4.08. The van der Waals surface area contributed by atoms with E-state index < -0.39 is 28.5 Å². The number of aryl methyl sites for hydroxylation is 1. The van der Waals surface area contributed by atoms with Crippen molar-refractivity contribution in [2.24, 2.45) is 0 Å². The Kier molecular flexibility index (Phi) is 8.53. The predicted molar refractivity (Wildman–Crippen MR) is 138 cm³/mol. The molecular formula is C26H28ClN3O4S. The lowest BCUT2D eigenvalue weighted by Crippen LogP contribution is -2.50. The molecule has 0 aromatic heterocycles. The van der Waals surface area contributed by atoms with E-state index in [4.69, 9.17) is 11.6 Å². The van der Waals surface area contributed by atoms with Gasteiger partial charge in [-0.25, -0.2) is 8.42 Å². The predicted octanol–water partition coefficient (Wildman–Crippen LogP) is 4.01. The van der Waals surface area contributed by atoms with Crippen LogP contribution in [0.2, 0.25) is 5.02 Å². The van der Waals surface area contributed by atoms with Crippen molar-refractivity contribution in [1.82, 2.24) is 10.2 Å². The van der Waals surface area contributed by atoms with Gasteiger partial charge in [-0.3, -0.25) is 13.9 Å². The highest BCUT2D eigenvalue weighted by Gasteiger charge is 2.32. The molecule has 0 saturated carbocycles. The molecule has 7 nitrogen and oxygen atoms in total. The summed E-state index contributed by atoms with van der Waals surface area (Å²) in [5.41, 5.74) is 2.17. The third kappa shape index (κ3) is 6.41. The van der Waals surface area contributed by atoms with Gasteiger partial charge in [-0.15, -0.1) is 0 Å². The molecule has 0 aliphatic rings. The first kappa shape index (κ1) is 26.2. The third-order valence-corrected chi connectivity index (χ3v) is 7.65. The highest BCUT2D eigenvalue weighted by Crippen LogP contribution is 2.26. The highest BCUT2D eigenvalue weighted by molar-refractivity contribution is 7.92. The molecule has 1 atom stereocenters. The lowest BCUT2D eigenvalue weighted by atomic mass is 10.1. The van der Waals surface area contributed by atoms with Crippen molar-refractivity contribution < 1.29 is 18.0 Å². The van der Waals surface area contributed by atoms with Gasteiger partial charge in [0.25, 0.3) is 10.0 Å². The Balaban J connectivity index is 2.00. The van der Waals surface area contributed by atoms with Crippen molar-refractivity contribution in [1.29, 1.82) is 0 Å². The van der Waals surface area contributed by atoms with E-state index in [1.54, 1.807) is 49.4 Å². The number of nitrogens with one attached hydrogen (secondary N) is 1. The van der Waals surface area contributed by atoms with Crippen LogP contribution in [0.5, 0.6) is 0 Å². The second kappa shape index (κ2) is 11.4. The summed E-state index contributed by atoms with van der Waals surface area (Å²) in [6, 6.07) is 20.9. The lowest BCUT2D eigenvalue weighted by Gasteiger charge is -2.31. The summed E-state index contributed by atoms with van der Waals surface area (Å²) < 4.78 is 28.2. The summed E-state index contributed by atoms with van der Waals surface area (Å²) in [5, 5.41) is 3.00. The maximum Gasteiger partial charge on any atom is 0.264 e. The minimum absolute atomic E-state index is 0.0483. The molecule has 35 heavy (non-hydrogen) atoms. The summed E-state index contributed by atoms with van der Waals surface area (Å²) >= 11 is 6.01. The van der Waals surface area contributed by atoms with Crippen molar-refractivity contribution in [3.63, 3.8) is 0 Å². The number of sulfonamides is 1. The number of likely N-dealkylation sites (N-methyl/N-ethyl adjacent to an activating group) is 1. The number of rotatable bonds is 9. The Morgan fingerprint density at radius 3 is 2.11 bits per heavy atom. The largest absolute Gasteiger partial charge is 0.357 e. The van der Waals surface area contributed by atoms with Crippen molar-refractivity contribution >= 4 is 39.1 Å². The summed E-state index contributed by atoms with van der Waals surface area (Å²) in [6.07, 6.45) is 0. The van der Waals surface area contributed by atoms with Crippen LogP contribution in [0.4, 0.5) is 5.69 Å². The molecule has 0 bridgehead atoms. The van der Waals surface area contributed by atoms with Crippen LogP contribution < -0.4 is 9.62 Å². The van der Waals surface area contributed by atoms with Crippen LogP contribution in [0.3, 0.4) is 0 Å². The number of benzene rings is 3. The van der Waals surface area contributed by atoms with Gasteiger partial charge in [0.15, 0.2) is 0 Å². The molecule has 2 amide bonds. The molecule has 3 aromatic rings. The molecule has 0 aliphatic carbocycles. The third-order valence-electron chi connectivity index (χ3n) is 5.61. The zero-order valence-corrected chi connectivity index (χ0v) is 21.4. The highest BCUT2D eigenvalue weighted by atomic mass is 35.5. The molecule has 0 fully saturated rings. The summed E-state index contributed by atoms with van der Waals surface area (Å²) in [7, 11) is -2.59. The van der Waals surface area contributed by atoms with Crippen molar-refractivity contribution in [2.75, 3.05) is 17.9 Å². The van der Waals surface area contributed by atoms with Gasteiger partial charge in [-0.2, -0.15) is 0 Å². The summed E-state index contributed by atoms with van der Waals surface area (Å²) in [4.78, 5) is 27.5. The number of halogens is 1. The first-order valence-corrected chi connectivity index (χ1v) is 12.8. The average molecular weight is 514 g/mol. The Bertz CT molecular complexity index is 1260. The Hall–Kier alpha value is -3.36. The number of anilines is 1. The molecule has 1 N–H and O–H groups in total. The van der Waals surface area contributed by atoms with Gasteiger partial charge < -0.3 is 10.2 Å². The quantitative estimate of drug-likeness (QED) is 0.468. The van der Waals surface area contributed by atoms with Crippen molar-refractivity contribution in [3.8, 4) is 0 Å². The standard InChI is InChI=1S/C26H28ClN3O4S/c1-19-9-11-21(12-10-19)17-29(20(2)26(32)28-3)25(31)18-30(23-15-13-22(27)14-16-23)35(33,34)24-7-5-4-6-8-24/h4-16,20H,17-18H2,1-3H3,(H,28,32)/t20-/m0/s1. The van der Waals surface area contributed by atoms with Gasteiger partial charge >= 0.3 is 0 Å². The second-order valence-corrected chi connectivity index (χ2v) is 10.4. The van der Waals surface area contributed by atoms with E-state index in [2.05, 4.69) is 5.32 Å². The number of carbonyl (C=O) groups is 2. The topological polar surface area (TPSA) is 86.8 Å². The smallest absolute Gasteiger partial charge is 0.264 e. The van der Waals surface area contributed by atoms with E-state index in [9.17, 15) is 18.0 Å². The number of amides is 2. The fourth-order valence-corrected chi connectivity index (χ4v) is 5.10. The fraction of sp³-hybridized carbons (Fsp3) is 0.231. The molecular weight excluding hydrogens is 486 g/mol. The van der Waals surface area contributed by atoms with Crippen LogP contribution in [0.1, 0.15) is 18.1 Å². The Morgan fingerprint density at radius 1 is 0.943 bits per heavy atom. The number of hydrogen-bond donors (Lipinski definition) is 1. The van der Waals surface area contributed by atoms with E-state index in [1.807, 2.05) is 31.2 Å². The monoisotopic (exact) mass is 513 g/mol. The first-order chi connectivity index (χ1) is 16.6. The minimum Gasteiger partial charge on any atom is -0.357 e. The van der Waals surface area contributed by atoms with Crippen LogP contribution in [-0.4, -0.2) is 44.8 Å². The maximum atomic E-state index is 13.6. The number of hydrogen-bond acceptors (Lipinski definition) is 4. The molecule has 184 valence electrons. The van der Waals surface area contributed by atoms with E-state index in [0.29, 0.717) is 5.02 Å². The normalized spacial score (nSPS) is 12.0. The van der Waals surface area contributed by atoms with Gasteiger partial charge in [0, 0.05) is 18.6 Å². The van der Waals surface area contributed by atoms with E-state index in [-0.39, 0.29) is 23.0 Å². The molecule has 3 rings (SSSR count). The molecule has 3 aromatic carbocycles. The van der Waals surface area contributed by atoms with Gasteiger partial charge in [0.1, 0.15) is 12.6 Å². The SMILES string of the molecule is CNC(=O)[C@H](C)N(Cc1ccc(C)cc1)C(=O)CN(c1ccc(Cl)cc1)S(=O)(=O)c1ccccc1. The maximum absolute atomic E-state index is 13.6. The van der Waals surface area contributed by atoms with Crippen LogP contribution in [-0.2, 0) is 26.2 Å². The van der Waals surface area contributed by atoms with Gasteiger partial charge in [0.2, 0.25) is 11.8 Å². The van der Waals surface area contributed by atoms with Crippen LogP contribution in [0.15, 0.2) is 83.8 Å². The molecule has 0 heterocycles. The molecule has 0 spiro atoms.